The zero-order valence-corrected chi connectivity index (χ0v) is 12.2. The highest BCUT2D eigenvalue weighted by Gasteiger charge is 2.23. The number of nitrogens with zero attached hydrogens (tertiary/aromatic N) is 3. The standard InChI is InChI=1S/C15H26N4/c1-12-11-19(15(16-12)17-13-7-8-13)10-9-18(2)14-5-3-4-6-14/h11,13-14H,3-10H2,1-2H3,(H,16,17). The fourth-order valence-electron chi connectivity index (χ4n) is 3.04. The van der Waals surface area contributed by atoms with Crippen molar-refractivity contribution in [2.24, 2.45) is 0 Å². The van der Waals surface area contributed by atoms with Crippen LogP contribution in [-0.4, -0.2) is 40.1 Å². The van der Waals surface area contributed by atoms with E-state index in [9.17, 15) is 0 Å². The Kier molecular flexibility index (Phi) is 3.78. The average Bonchev–Trinajstić information content (AvgIpc) is 2.91. The monoisotopic (exact) mass is 262 g/mol. The molecule has 1 aromatic heterocycles. The molecule has 0 saturated heterocycles. The Morgan fingerprint density at radius 3 is 2.74 bits per heavy atom. The molecule has 1 aromatic rings. The van der Waals surface area contributed by atoms with E-state index in [4.69, 9.17) is 0 Å². The van der Waals surface area contributed by atoms with Crippen LogP contribution in [0.25, 0.3) is 0 Å². The summed E-state index contributed by atoms with van der Waals surface area (Å²) in [7, 11) is 2.27. The van der Waals surface area contributed by atoms with E-state index in [0.29, 0.717) is 6.04 Å². The summed E-state index contributed by atoms with van der Waals surface area (Å²) in [6, 6.07) is 1.48. The van der Waals surface area contributed by atoms with Gasteiger partial charge in [0, 0.05) is 31.4 Å². The van der Waals surface area contributed by atoms with Gasteiger partial charge in [-0.05, 0) is 39.7 Å². The molecule has 0 bridgehead atoms. The first-order valence-electron chi connectivity index (χ1n) is 7.73. The Labute approximate surface area is 116 Å². The van der Waals surface area contributed by atoms with E-state index in [2.05, 4.69) is 39.9 Å². The number of rotatable bonds is 6. The van der Waals surface area contributed by atoms with Gasteiger partial charge in [0.25, 0.3) is 0 Å². The fourth-order valence-corrected chi connectivity index (χ4v) is 3.04. The van der Waals surface area contributed by atoms with Gasteiger partial charge < -0.3 is 14.8 Å². The van der Waals surface area contributed by atoms with Crippen LogP contribution in [0, 0.1) is 6.92 Å². The number of hydrogen-bond acceptors (Lipinski definition) is 3. The molecule has 1 heterocycles. The van der Waals surface area contributed by atoms with E-state index in [-0.39, 0.29) is 0 Å². The third kappa shape index (κ3) is 3.30. The van der Waals surface area contributed by atoms with Crippen molar-refractivity contribution in [2.45, 2.75) is 64.1 Å². The molecule has 0 radical (unpaired) electrons. The van der Waals surface area contributed by atoms with Crippen LogP contribution in [0.4, 0.5) is 5.95 Å². The molecule has 2 saturated carbocycles. The molecule has 2 aliphatic rings. The van der Waals surface area contributed by atoms with Gasteiger partial charge in [0.1, 0.15) is 0 Å². The number of likely N-dealkylation sites (N-methyl/N-ethyl adjacent to an activating group) is 1. The van der Waals surface area contributed by atoms with Crippen LogP contribution in [-0.2, 0) is 6.54 Å². The minimum atomic E-state index is 0.674. The second-order valence-electron chi connectivity index (χ2n) is 6.24. The summed E-state index contributed by atoms with van der Waals surface area (Å²) in [5, 5.41) is 3.53. The highest BCUT2D eigenvalue weighted by molar-refractivity contribution is 5.32. The lowest BCUT2D eigenvalue weighted by Crippen LogP contribution is -2.32. The van der Waals surface area contributed by atoms with Crippen LogP contribution in [0.2, 0.25) is 0 Å². The maximum atomic E-state index is 4.60. The summed E-state index contributed by atoms with van der Waals surface area (Å²) in [6.07, 6.45) is 10.4. The van der Waals surface area contributed by atoms with Crippen molar-refractivity contribution in [3.05, 3.63) is 11.9 Å². The number of nitrogens with one attached hydrogen (secondary N) is 1. The van der Waals surface area contributed by atoms with E-state index in [1.807, 2.05) is 0 Å². The van der Waals surface area contributed by atoms with Crippen molar-refractivity contribution in [1.82, 2.24) is 14.5 Å². The molecule has 4 nitrogen and oxygen atoms in total. The summed E-state index contributed by atoms with van der Waals surface area (Å²) >= 11 is 0. The molecule has 0 aliphatic heterocycles. The molecule has 0 spiro atoms. The molecule has 19 heavy (non-hydrogen) atoms. The van der Waals surface area contributed by atoms with E-state index in [1.54, 1.807) is 0 Å². The van der Waals surface area contributed by atoms with Gasteiger partial charge in [-0.15, -0.1) is 0 Å². The Morgan fingerprint density at radius 2 is 2.05 bits per heavy atom. The summed E-state index contributed by atoms with van der Waals surface area (Å²) in [5.41, 5.74) is 1.12. The number of aryl methyl sites for hydroxylation is 1. The average molecular weight is 262 g/mol. The van der Waals surface area contributed by atoms with E-state index >= 15 is 0 Å². The van der Waals surface area contributed by atoms with Gasteiger partial charge in [-0.2, -0.15) is 0 Å². The van der Waals surface area contributed by atoms with Crippen LogP contribution >= 0.6 is 0 Å². The lowest BCUT2D eigenvalue weighted by Gasteiger charge is -2.24. The van der Waals surface area contributed by atoms with E-state index in [1.165, 1.54) is 38.5 Å². The summed E-state index contributed by atoms with van der Waals surface area (Å²) in [6.45, 7) is 4.25. The van der Waals surface area contributed by atoms with Gasteiger partial charge in [-0.1, -0.05) is 12.8 Å². The normalized spacial score (nSPS) is 20.4. The minimum Gasteiger partial charge on any atom is -0.353 e. The number of imidazole rings is 1. The zero-order valence-electron chi connectivity index (χ0n) is 12.2. The highest BCUT2D eigenvalue weighted by Crippen LogP contribution is 2.25. The van der Waals surface area contributed by atoms with Crippen LogP contribution < -0.4 is 5.32 Å². The Balaban J connectivity index is 1.55. The molecule has 0 atom stereocenters. The Hall–Kier alpha value is -1.03. The highest BCUT2D eigenvalue weighted by atomic mass is 15.2. The third-order valence-electron chi connectivity index (χ3n) is 4.45. The lowest BCUT2D eigenvalue weighted by atomic mass is 10.2. The Morgan fingerprint density at radius 1 is 1.32 bits per heavy atom. The molecule has 0 aromatic carbocycles. The quantitative estimate of drug-likeness (QED) is 0.855. The second kappa shape index (κ2) is 5.53. The molecule has 2 fully saturated rings. The predicted molar refractivity (Wildman–Crippen MR) is 78.5 cm³/mol. The topological polar surface area (TPSA) is 33.1 Å². The maximum Gasteiger partial charge on any atom is 0.203 e. The van der Waals surface area contributed by atoms with Crippen LogP contribution in [0.15, 0.2) is 6.20 Å². The van der Waals surface area contributed by atoms with Crippen molar-refractivity contribution in [3.8, 4) is 0 Å². The van der Waals surface area contributed by atoms with Gasteiger partial charge in [0.05, 0.1) is 5.69 Å². The van der Waals surface area contributed by atoms with Gasteiger partial charge in [0.15, 0.2) is 0 Å². The molecule has 3 rings (SSSR count). The molecule has 4 heteroatoms. The Bertz CT molecular complexity index is 416. The summed E-state index contributed by atoms with van der Waals surface area (Å²) in [5.74, 6) is 1.07. The lowest BCUT2D eigenvalue weighted by molar-refractivity contribution is 0.237. The van der Waals surface area contributed by atoms with Crippen LogP contribution in [0.3, 0.4) is 0 Å². The number of hydrogen-bond donors (Lipinski definition) is 1. The van der Waals surface area contributed by atoms with Gasteiger partial charge in [-0.25, -0.2) is 4.98 Å². The molecule has 106 valence electrons. The smallest absolute Gasteiger partial charge is 0.203 e. The second-order valence-corrected chi connectivity index (χ2v) is 6.24. The van der Waals surface area contributed by atoms with Crippen LogP contribution in [0.5, 0.6) is 0 Å². The molecule has 1 N–H and O–H groups in total. The largest absolute Gasteiger partial charge is 0.353 e. The summed E-state index contributed by atoms with van der Waals surface area (Å²) in [4.78, 5) is 7.13. The summed E-state index contributed by atoms with van der Waals surface area (Å²) < 4.78 is 2.29. The van der Waals surface area contributed by atoms with Crippen molar-refractivity contribution < 1.29 is 0 Å². The first-order valence-corrected chi connectivity index (χ1v) is 7.73. The first-order chi connectivity index (χ1) is 9.22. The predicted octanol–water partition coefficient (Wildman–Crippen LogP) is 2.64. The molecular formula is C15H26N4. The van der Waals surface area contributed by atoms with Crippen LogP contribution in [0.1, 0.15) is 44.2 Å². The van der Waals surface area contributed by atoms with Gasteiger partial charge in [-0.3, -0.25) is 0 Å². The van der Waals surface area contributed by atoms with Gasteiger partial charge in [0.2, 0.25) is 5.95 Å². The first kappa shape index (κ1) is 13.0. The SMILES string of the molecule is Cc1cn(CCN(C)C2CCCC2)c(NC2CC2)n1. The third-order valence-corrected chi connectivity index (χ3v) is 4.45. The maximum absolute atomic E-state index is 4.60. The zero-order chi connectivity index (χ0) is 13.2. The molecule has 0 amide bonds. The molecular weight excluding hydrogens is 236 g/mol. The molecule has 2 aliphatic carbocycles. The molecule has 0 unspecified atom stereocenters. The number of aromatic nitrogens is 2. The van der Waals surface area contributed by atoms with Crippen molar-refractivity contribution in [3.63, 3.8) is 0 Å². The van der Waals surface area contributed by atoms with Gasteiger partial charge >= 0.3 is 0 Å². The van der Waals surface area contributed by atoms with Crippen molar-refractivity contribution in [1.29, 1.82) is 0 Å². The fraction of sp³-hybridized carbons (Fsp3) is 0.800. The number of anilines is 1. The van der Waals surface area contributed by atoms with E-state index < -0.39 is 0 Å². The van der Waals surface area contributed by atoms with Crippen molar-refractivity contribution >= 4 is 5.95 Å². The minimum absolute atomic E-state index is 0.674. The van der Waals surface area contributed by atoms with Crippen molar-refractivity contribution in [2.75, 3.05) is 18.9 Å². The van der Waals surface area contributed by atoms with E-state index in [0.717, 1.165) is 30.8 Å².